The maximum atomic E-state index is 12.2. The number of amides is 1. The molecule has 2 N–H and O–H groups in total. The van der Waals surface area contributed by atoms with Gasteiger partial charge in [-0.15, -0.1) is 0 Å². The van der Waals surface area contributed by atoms with Gasteiger partial charge in [-0.25, -0.2) is 14.6 Å². The summed E-state index contributed by atoms with van der Waals surface area (Å²) in [5, 5.41) is 5.74. The number of hydrogen-bond acceptors (Lipinski definition) is 6. The van der Waals surface area contributed by atoms with E-state index in [0.717, 1.165) is 47.3 Å². The van der Waals surface area contributed by atoms with Crippen LogP contribution in [0.25, 0.3) is 16.6 Å². The van der Waals surface area contributed by atoms with Crippen molar-refractivity contribution in [2.24, 2.45) is 0 Å². The molecule has 1 saturated heterocycles. The van der Waals surface area contributed by atoms with E-state index in [4.69, 9.17) is 15.6 Å². The number of hydrogen-bond donors (Lipinski definition) is 1. The van der Waals surface area contributed by atoms with Crippen molar-refractivity contribution in [3.63, 3.8) is 0 Å². The van der Waals surface area contributed by atoms with E-state index in [-0.39, 0.29) is 18.1 Å². The van der Waals surface area contributed by atoms with Crippen LogP contribution in [0.2, 0.25) is 0 Å². The first-order chi connectivity index (χ1) is 16.6. The number of ether oxygens (including phenoxy) is 1. The molecule has 34 heavy (non-hydrogen) atoms. The maximum Gasteiger partial charge on any atom is 0.246 e. The summed E-state index contributed by atoms with van der Waals surface area (Å²) >= 11 is 0. The van der Waals surface area contributed by atoms with Crippen LogP contribution in [0.1, 0.15) is 37.9 Å². The Balaban J connectivity index is 1.38. The molecule has 1 aliphatic carbocycles. The molecule has 1 fully saturated rings. The Morgan fingerprint density at radius 1 is 1.18 bits per heavy atom. The second-order valence-corrected chi connectivity index (χ2v) is 8.53. The van der Waals surface area contributed by atoms with E-state index in [1.54, 1.807) is 12.2 Å². The second kappa shape index (κ2) is 9.51. The van der Waals surface area contributed by atoms with Crippen LogP contribution in [-0.4, -0.2) is 49.7 Å². The predicted molar refractivity (Wildman–Crippen MR) is 132 cm³/mol. The third-order valence-corrected chi connectivity index (χ3v) is 6.31. The van der Waals surface area contributed by atoms with E-state index in [9.17, 15) is 4.79 Å². The van der Waals surface area contributed by atoms with Crippen molar-refractivity contribution in [3.05, 3.63) is 72.7 Å². The molecule has 2 aromatic heterocycles. The van der Waals surface area contributed by atoms with Gasteiger partial charge in [-0.2, -0.15) is 5.10 Å². The van der Waals surface area contributed by atoms with Crippen molar-refractivity contribution in [2.75, 3.05) is 18.8 Å². The number of rotatable bonds is 5. The molecule has 0 radical (unpaired) electrons. The molecule has 0 spiro atoms. The number of carbonyl (C=O) groups excluding carboxylic acids is 1. The van der Waals surface area contributed by atoms with Crippen LogP contribution in [0.4, 0.5) is 5.82 Å². The number of aromatic nitrogens is 4. The molecule has 1 aromatic carbocycles. The fourth-order valence-corrected chi connectivity index (χ4v) is 4.57. The third-order valence-electron chi connectivity index (χ3n) is 6.31. The first-order valence-corrected chi connectivity index (χ1v) is 11.6. The normalized spacial score (nSPS) is 19.0. The van der Waals surface area contributed by atoms with Gasteiger partial charge in [0.15, 0.2) is 5.65 Å². The number of allylic oxidation sites excluding steroid dienone is 3. The van der Waals surface area contributed by atoms with Crippen LogP contribution in [0.5, 0.6) is 5.75 Å². The maximum absolute atomic E-state index is 12.2. The van der Waals surface area contributed by atoms with Crippen LogP contribution in [-0.2, 0) is 4.79 Å². The van der Waals surface area contributed by atoms with Crippen molar-refractivity contribution >= 4 is 28.3 Å². The summed E-state index contributed by atoms with van der Waals surface area (Å²) in [6.07, 6.45) is 13.4. The highest BCUT2D eigenvalue weighted by atomic mass is 16.5. The van der Waals surface area contributed by atoms with Gasteiger partial charge in [0, 0.05) is 19.5 Å². The molecule has 1 aliphatic heterocycles. The highest BCUT2D eigenvalue weighted by Crippen LogP contribution is 2.34. The Labute approximate surface area is 198 Å². The summed E-state index contributed by atoms with van der Waals surface area (Å²) in [6, 6.07) is 9.95. The minimum Gasteiger partial charge on any atom is -0.486 e. The Morgan fingerprint density at radius 3 is 2.68 bits per heavy atom. The number of carbonyl (C=O) groups is 1. The van der Waals surface area contributed by atoms with Gasteiger partial charge >= 0.3 is 0 Å². The lowest BCUT2D eigenvalue weighted by Crippen LogP contribution is -2.38. The fraction of sp³-hybridized carbons (Fsp3) is 0.308. The van der Waals surface area contributed by atoms with Gasteiger partial charge in [-0.05, 0) is 49.6 Å². The SMILES string of the molecule is C/C=C/C(=O)N1CCC(n2nc(C3=CCC(Oc4ccccc4)C=C3)c3c(N)ncnc32)CC1. The minimum absolute atomic E-state index is 0.0351. The summed E-state index contributed by atoms with van der Waals surface area (Å²) < 4.78 is 8.03. The lowest BCUT2D eigenvalue weighted by atomic mass is 10.0. The smallest absolute Gasteiger partial charge is 0.246 e. The topological polar surface area (TPSA) is 99.2 Å². The zero-order valence-electron chi connectivity index (χ0n) is 19.2. The summed E-state index contributed by atoms with van der Waals surface area (Å²) in [6.45, 7) is 3.23. The second-order valence-electron chi connectivity index (χ2n) is 8.53. The highest BCUT2D eigenvalue weighted by Gasteiger charge is 2.28. The number of anilines is 1. The molecule has 8 heteroatoms. The lowest BCUT2D eigenvalue weighted by Gasteiger charge is -2.31. The molecule has 1 atom stereocenters. The summed E-state index contributed by atoms with van der Waals surface area (Å²) in [5.74, 6) is 1.33. The van der Waals surface area contributed by atoms with Crippen LogP contribution in [0.15, 0.2) is 67.0 Å². The average Bonchev–Trinajstić information content (AvgIpc) is 3.26. The first-order valence-electron chi connectivity index (χ1n) is 11.6. The van der Waals surface area contributed by atoms with E-state index in [0.29, 0.717) is 18.9 Å². The van der Waals surface area contributed by atoms with Crippen LogP contribution in [0, 0.1) is 0 Å². The molecule has 5 rings (SSSR count). The summed E-state index contributed by atoms with van der Waals surface area (Å²) in [5.41, 5.74) is 8.80. The third kappa shape index (κ3) is 4.31. The van der Waals surface area contributed by atoms with Crippen molar-refractivity contribution in [2.45, 2.75) is 38.3 Å². The zero-order valence-corrected chi connectivity index (χ0v) is 19.2. The van der Waals surface area contributed by atoms with E-state index in [2.05, 4.69) is 22.1 Å². The van der Waals surface area contributed by atoms with Gasteiger partial charge in [-0.3, -0.25) is 4.79 Å². The van der Waals surface area contributed by atoms with Gasteiger partial charge in [0.05, 0.1) is 11.4 Å². The molecule has 1 amide bonds. The molecule has 0 bridgehead atoms. The van der Waals surface area contributed by atoms with E-state index in [1.165, 1.54) is 6.33 Å². The molecule has 0 saturated carbocycles. The van der Waals surface area contributed by atoms with Crippen molar-refractivity contribution in [3.8, 4) is 5.75 Å². The Hall–Kier alpha value is -3.94. The predicted octanol–water partition coefficient (Wildman–Crippen LogP) is 3.94. The van der Waals surface area contributed by atoms with Crippen molar-refractivity contribution < 1.29 is 9.53 Å². The molecular weight excluding hydrogens is 428 g/mol. The molecule has 1 unspecified atom stereocenters. The van der Waals surface area contributed by atoms with Gasteiger partial charge in [0.2, 0.25) is 5.91 Å². The average molecular weight is 457 g/mol. The van der Waals surface area contributed by atoms with Crippen molar-refractivity contribution in [1.82, 2.24) is 24.6 Å². The number of para-hydroxylation sites is 1. The lowest BCUT2D eigenvalue weighted by molar-refractivity contribution is -0.127. The van der Waals surface area contributed by atoms with Gasteiger partial charge in [0.25, 0.3) is 0 Å². The number of fused-ring (bicyclic) bond motifs is 1. The fourth-order valence-electron chi connectivity index (χ4n) is 4.57. The Bertz CT molecular complexity index is 1270. The largest absolute Gasteiger partial charge is 0.486 e. The van der Waals surface area contributed by atoms with Gasteiger partial charge in [-0.1, -0.05) is 36.4 Å². The van der Waals surface area contributed by atoms with E-state index >= 15 is 0 Å². The van der Waals surface area contributed by atoms with Crippen molar-refractivity contribution in [1.29, 1.82) is 0 Å². The van der Waals surface area contributed by atoms with E-state index in [1.807, 2.05) is 52.9 Å². The quantitative estimate of drug-likeness (QED) is 0.584. The molecular formula is C26H28N6O2. The molecule has 8 nitrogen and oxygen atoms in total. The molecule has 3 heterocycles. The molecule has 3 aromatic rings. The number of nitrogen functional groups attached to an aromatic ring is 1. The highest BCUT2D eigenvalue weighted by molar-refractivity contribution is 5.97. The summed E-state index contributed by atoms with van der Waals surface area (Å²) in [4.78, 5) is 22.8. The Kier molecular flexibility index (Phi) is 6.12. The number of piperidine rings is 1. The first kappa shape index (κ1) is 21.9. The van der Waals surface area contributed by atoms with Crippen LogP contribution >= 0.6 is 0 Å². The standard InChI is InChI=1S/C26H28N6O2/c1-2-6-22(33)31-15-13-19(14-16-31)32-26-23(25(27)28-17-29-26)24(30-32)18-9-11-21(12-10-18)34-20-7-4-3-5-8-20/h2-11,17,19,21H,12-16H2,1H3,(H2,27,28,29)/b6-2+. The molecule has 174 valence electrons. The van der Waals surface area contributed by atoms with Crippen LogP contribution in [0.3, 0.4) is 0 Å². The van der Waals surface area contributed by atoms with Gasteiger partial charge in [0.1, 0.15) is 29.7 Å². The Morgan fingerprint density at radius 2 is 1.97 bits per heavy atom. The van der Waals surface area contributed by atoms with Crippen LogP contribution < -0.4 is 10.5 Å². The number of benzene rings is 1. The molecule has 2 aliphatic rings. The van der Waals surface area contributed by atoms with Gasteiger partial charge < -0.3 is 15.4 Å². The summed E-state index contributed by atoms with van der Waals surface area (Å²) in [7, 11) is 0. The minimum atomic E-state index is -0.0351. The number of nitrogens with two attached hydrogens (primary N) is 1. The van der Waals surface area contributed by atoms with E-state index < -0.39 is 0 Å². The zero-order chi connectivity index (χ0) is 23.5. The monoisotopic (exact) mass is 456 g/mol. The number of likely N-dealkylation sites (tertiary alicyclic amines) is 1. The number of nitrogens with zero attached hydrogens (tertiary/aromatic N) is 5.